The van der Waals surface area contributed by atoms with E-state index in [-0.39, 0.29) is 23.9 Å². The number of carbonyl (C=O) groups excluding carboxylic acids is 1. The zero-order valence-electron chi connectivity index (χ0n) is 9.83. The van der Waals surface area contributed by atoms with Gasteiger partial charge < -0.3 is 9.84 Å². The largest absolute Gasteiger partial charge is 0.465 e. The Hall–Kier alpha value is -0.570. The predicted molar refractivity (Wildman–Crippen MR) is 55.9 cm³/mol. The van der Waals surface area contributed by atoms with E-state index >= 15 is 0 Å². The molecule has 0 aromatic rings. The highest BCUT2D eigenvalue weighted by Gasteiger charge is 2.31. The van der Waals surface area contributed by atoms with Crippen LogP contribution in [-0.2, 0) is 9.53 Å². The lowest BCUT2D eigenvalue weighted by atomic mass is 9.81. The topological polar surface area (TPSA) is 46.5 Å². The van der Waals surface area contributed by atoms with Crippen molar-refractivity contribution < 1.29 is 14.6 Å². The number of rotatable bonds is 5. The minimum atomic E-state index is -0.452. The molecule has 3 heteroatoms. The molecule has 1 unspecified atom stereocenters. The lowest BCUT2D eigenvalue weighted by Crippen LogP contribution is -2.38. The smallest absolute Gasteiger partial charge is 0.305 e. The van der Waals surface area contributed by atoms with Gasteiger partial charge in [-0.25, -0.2) is 0 Å². The molecule has 1 N–H and O–H groups in total. The highest BCUT2D eigenvalue weighted by atomic mass is 16.5. The Morgan fingerprint density at radius 2 is 1.93 bits per heavy atom. The number of aliphatic hydroxyl groups excluding tert-OH is 1. The summed E-state index contributed by atoms with van der Waals surface area (Å²) in [4.78, 5) is 10.9. The van der Waals surface area contributed by atoms with Crippen LogP contribution in [0.2, 0.25) is 0 Å². The molecule has 0 spiro atoms. The zero-order valence-corrected chi connectivity index (χ0v) is 9.83. The Labute approximate surface area is 86.5 Å². The molecule has 0 saturated heterocycles. The molecule has 0 amide bonds. The third-order valence-electron chi connectivity index (χ3n) is 2.33. The van der Waals surface area contributed by atoms with Crippen LogP contribution in [0.15, 0.2) is 0 Å². The van der Waals surface area contributed by atoms with Crippen LogP contribution in [0.1, 0.15) is 41.0 Å². The lowest BCUT2D eigenvalue weighted by Gasteiger charge is -2.32. The molecule has 0 aliphatic rings. The van der Waals surface area contributed by atoms with E-state index in [9.17, 15) is 9.90 Å². The molecule has 84 valence electrons. The van der Waals surface area contributed by atoms with Crippen molar-refractivity contribution in [2.45, 2.75) is 47.1 Å². The fraction of sp³-hybridized carbons (Fsp3) is 0.909. The monoisotopic (exact) mass is 202 g/mol. The average molecular weight is 202 g/mol. The van der Waals surface area contributed by atoms with Crippen molar-refractivity contribution in [1.29, 1.82) is 0 Å². The number of carbonyl (C=O) groups is 1. The first-order valence-corrected chi connectivity index (χ1v) is 5.15. The summed E-state index contributed by atoms with van der Waals surface area (Å²) in [6, 6.07) is 0. The highest BCUT2D eigenvalue weighted by molar-refractivity contribution is 5.68. The van der Waals surface area contributed by atoms with Gasteiger partial charge in [-0.05, 0) is 5.92 Å². The van der Waals surface area contributed by atoms with Gasteiger partial charge in [0.25, 0.3) is 0 Å². The van der Waals surface area contributed by atoms with Crippen LogP contribution in [0.3, 0.4) is 0 Å². The van der Waals surface area contributed by atoms with Gasteiger partial charge in [0.2, 0.25) is 0 Å². The highest BCUT2D eigenvalue weighted by Crippen LogP contribution is 2.26. The van der Waals surface area contributed by atoms with E-state index in [1.165, 1.54) is 0 Å². The second kappa shape index (κ2) is 5.35. The maximum absolute atomic E-state index is 10.9. The molecule has 0 aromatic heterocycles. The van der Waals surface area contributed by atoms with Crippen LogP contribution >= 0.6 is 0 Å². The van der Waals surface area contributed by atoms with E-state index in [0.29, 0.717) is 6.42 Å². The predicted octanol–water partition coefficient (Wildman–Crippen LogP) is 1.98. The van der Waals surface area contributed by atoms with Gasteiger partial charge in [0, 0.05) is 11.8 Å². The normalized spacial score (nSPS) is 14.2. The summed E-state index contributed by atoms with van der Waals surface area (Å²) in [5.41, 5.74) is -0.376. The van der Waals surface area contributed by atoms with Gasteiger partial charge in [0.15, 0.2) is 0 Å². The van der Waals surface area contributed by atoms with E-state index in [0.717, 1.165) is 0 Å². The van der Waals surface area contributed by atoms with Crippen molar-refractivity contribution in [3.8, 4) is 0 Å². The molecule has 0 rings (SSSR count). The van der Waals surface area contributed by atoms with Crippen molar-refractivity contribution >= 4 is 5.97 Å². The minimum absolute atomic E-state index is 0.172. The van der Waals surface area contributed by atoms with Crippen molar-refractivity contribution in [2.75, 3.05) is 6.61 Å². The lowest BCUT2D eigenvalue weighted by molar-refractivity contribution is -0.149. The molecular weight excluding hydrogens is 180 g/mol. The number of hydrogen-bond donors (Lipinski definition) is 1. The van der Waals surface area contributed by atoms with Crippen LogP contribution in [0.25, 0.3) is 0 Å². The third kappa shape index (κ3) is 4.09. The Morgan fingerprint density at radius 1 is 1.43 bits per heavy atom. The van der Waals surface area contributed by atoms with Gasteiger partial charge in [-0.15, -0.1) is 0 Å². The number of aliphatic hydroxyl groups is 1. The Balaban J connectivity index is 4.13. The van der Waals surface area contributed by atoms with Gasteiger partial charge in [0.1, 0.15) is 0 Å². The van der Waals surface area contributed by atoms with Gasteiger partial charge in [-0.1, -0.05) is 34.6 Å². The Bertz CT molecular complexity index is 185. The van der Waals surface area contributed by atoms with E-state index in [1.807, 2.05) is 27.7 Å². The van der Waals surface area contributed by atoms with Crippen molar-refractivity contribution in [3.63, 3.8) is 0 Å². The van der Waals surface area contributed by atoms with Gasteiger partial charge >= 0.3 is 5.97 Å². The first kappa shape index (κ1) is 13.4. The van der Waals surface area contributed by atoms with Gasteiger partial charge in [0.05, 0.1) is 12.7 Å². The first-order chi connectivity index (χ1) is 6.31. The number of ether oxygens (including phenoxy) is 1. The molecule has 0 fully saturated rings. The molecular formula is C11H22O3. The molecule has 3 nitrogen and oxygen atoms in total. The van der Waals surface area contributed by atoms with Gasteiger partial charge in [-0.3, -0.25) is 4.79 Å². The van der Waals surface area contributed by atoms with Crippen LogP contribution < -0.4 is 0 Å². The Morgan fingerprint density at radius 3 is 2.29 bits per heavy atom. The quantitative estimate of drug-likeness (QED) is 0.693. The Kier molecular flexibility index (Phi) is 5.13. The summed E-state index contributed by atoms with van der Waals surface area (Å²) in [5.74, 6) is -0.0423. The van der Waals surface area contributed by atoms with E-state index in [4.69, 9.17) is 4.74 Å². The summed E-state index contributed by atoms with van der Waals surface area (Å²) in [6.07, 6.45) is -0.0689. The molecule has 0 heterocycles. The van der Waals surface area contributed by atoms with Crippen LogP contribution in [-0.4, -0.2) is 23.8 Å². The maximum Gasteiger partial charge on any atom is 0.305 e. The first-order valence-electron chi connectivity index (χ1n) is 5.15. The van der Waals surface area contributed by atoms with E-state index in [2.05, 4.69) is 0 Å². The minimum Gasteiger partial charge on any atom is -0.465 e. The van der Waals surface area contributed by atoms with Crippen LogP contribution in [0.5, 0.6) is 0 Å². The van der Waals surface area contributed by atoms with Gasteiger partial charge in [-0.2, -0.15) is 0 Å². The standard InChI is InChI=1S/C11H22O3/c1-6-9(12)14-7-11(4,5)10(13)8(2)3/h8,10,13H,6-7H2,1-5H3. The van der Waals surface area contributed by atoms with Crippen molar-refractivity contribution in [2.24, 2.45) is 11.3 Å². The summed E-state index contributed by atoms with van der Waals surface area (Å²) >= 11 is 0. The summed E-state index contributed by atoms with van der Waals surface area (Å²) in [5, 5.41) is 9.85. The number of hydrogen-bond acceptors (Lipinski definition) is 3. The fourth-order valence-corrected chi connectivity index (χ4v) is 1.36. The van der Waals surface area contributed by atoms with E-state index in [1.54, 1.807) is 6.92 Å². The van der Waals surface area contributed by atoms with Crippen molar-refractivity contribution in [1.82, 2.24) is 0 Å². The average Bonchev–Trinajstić information content (AvgIpc) is 2.12. The fourth-order valence-electron chi connectivity index (χ4n) is 1.36. The third-order valence-corrected chi connectivity index (χ3v) is 2.33. The second-order valence-electron chi connectivity index (χ2n) is 4.69. The SMILES string of the molecule is CCC(=O)OCC(C)(C)C(O)C(C)C. The zero-order chi connectivity index (χ0) is 11.4. The molecule has 0 aliphatic carbocycles. The number of esters is 1. The summed E-state index contributed by atoms with van der Waals surface area (Å²) in [7, 11) is 0. The summed E-state index contributed by atoms with van der Waals surface area (Å²) in [6.45, 7) is 9.75. The van der Waals surface area contributed by atoms with E-state index < -0.39 is 6.10 Å². The maximum atomic E-state index is 10.9. The van der Waals surface area contributed by atoms with Crippen LogP contribution in [0.4, 0.5) is 0 Å². The molecule has 0 bridgehead atoms. The molecule has 0 aromatic carbocycles. The molecule has 0 radical (unpaired) electrons. The molecule has 0 aliphatic heterocycles. The molecule has 0 saturated carbocycles. The molecule has 1 atom stereocenters. The molecule has 14 heavy (non-hydrogen) atoms. The van der Waals surface area contributed by atoms with Crippen LogP contribution in [0, 0.1) is 11.3 Å². The van der Waals surface area contributed by atoms with Crippen molar-refractivity contribution in [3.05, 3.63) is 0 Å². The second-order valence-corrected chi connectivity index (χ2v) is 4.69. The summed E-state index contributed by atoms with van der Waals surface area (Å²) < 4.78 is 5.03.